The van der Waals surface area contributed by atoms with E-state index >= 15 is 0 Å². The molecule has 0 unspecified atom stereocenters. The number of ether oxygens (including phenoxy) is 1. The van der Waals surface area contributed by atoms with Gasteiger partial charge in [-0.3, -0.25) is 4.79 Å². The molecule has 0 saturated heterocycles. The Balaban J connectivity index is 0.00000338. The Labute approximate surface area is 173 Å². The summed E-state index contributed by atoms with van der Waals surface area (Å²) in [5.74, 6) is 1.57. The Kier molecular flexibility index (Phi) is 10.4. The van der Waals surface area contributed by atoms with Crippen molar-refractivity contribution in [3.8, 4) is 5.75 Å². The number of para-hydroxylation sites is 1. The first-order chi connectivity index (χ1) is 12.1. The van der Waals surface area contributed by atoms with Crippen LogP contribution in [0, 0.1) is 0 Å². The van der Waals surface area contributed by atoms with Crippen molar-refractivity contribution in [2.45, 2.75) is 45.2 Å². The van der Waals surface area contributed by atoms with Gasteiger partial charge in [0.15, 0.2) is 5.96 Å². The van der Waals surface area contributed by atoms with E-state index in [9.17, 15) is 4.79 Å². The van der Waals surface area contributed by atoms with Crippen LogP contribution < -0.4 is 15.4 Å². The Morgan fingerprint density at radius 1 is 1.27 bits per heavy atom. The molecule has 1 fully saturated rings. The molecule has 1 aliphatic carbocycles. The lowest BCUT2D eigenvalue weighted by Gasteiger charge is -2.18. The van der Waals surface area contributed by atoms with E-state index in [4.69, 9.17) is 4.74 Å². The van der Waals surface area contributed by atoms with Crippen molar-refractivity contribution in [3.05, 3.63) is 29.8 Å². The largest absolute Gasteiger partial charge is 0.494 e. The molecule has 6 nitrogen and oxygen atoms in total. The van der Waals surface area contributed by atoms with E-state index in [1.807, 2.05) is 31.2 Å². The van der Waals surface area contributed by atoms with Gasteiger partial charge in [-0.05, 0) is 25.8 Å². The second-order valence-electron chi connectivity index (χ2n) is 6.47. The van der Waals surface area contributed by atoms with Crippen LogP contribution in [0.1, 0.15) is 38.2 Å². The van der Waals surface area contributed by atoms with Crippen molar-refractivity contribution in [1.29, 1.82) is 0 Å². The van der Waals surface area contributed by atoms with Crippen LogP contribution in [0.2, 0.25) is 0 Å². The van der Waals surface area contributed by atoms with Gasteiger partial charge >= 0.3 is 0 Å². The van der Waals surface area contributed by atoms with Gasteiger partial charge in [0.1, 0.15) is 5.75 Å². The number of amides is 1. The van der Waals surface area contributed by atoms with Gasteiger partial charge in [0.25, 0.3) is 0 Å². The quantitative estimate of drug-likeness (QED) is 0.363. The minimum Gasteiger partial charge on any atom is -0.494 e. The Bertz CT molecular complexity index is 587. The normalized spacial score (nSPS) is 14.5. The predicted molar refractivity (Wildman–Crippen MR) is 116 cm³/mol. The molecule has 1 saturated carbocycles. The molecule has 0 atom stereocenters. The van der Waals surface area contributed by atoms with Gasteiger partial charge in [-0.1, -0.05) is 31.0 Å². The number of guanidine groups is 1. The van der Waals surface area contributed by atoms with E-state index in [1.165, 1.54) is 12.8 Å². The maximum Gasteiger partial charge on any atom is 0.241 e. The molecule has 2 rings (SSSR count). The molecule has 2 N–H and O–H groups in total. The van der Waals surface area contributed by atoms with Gasteiger partial charge in [0.05, 0.1) is 19.7 Å². The fraction of sp³-hybridized carbons (Fsp3) is 0.579. The molecule has 1 amide bonds. The average molecular weight is 474 g/mol. The van der Waals surface area contributed by atoms with Crippen molar-refractivity contribution in [2.24, 2.45) is 4.99 Å². The third-order valence-electron chi connectivity index (χ3n) is 4.28. The van der Waals surface area contributed by atoms with E-state index in [2.05, 4.69) is 15.6 Å². The maximum absolute atomic E-state index is 11.9. The Morgan fingerprint density at radius 3 is 2.62 bits per heavy atom. The summed E-state index contributed by atoms with van der Waals surface area (Å²) in [6.45, 7) is 3.35. The summed E-state index contributed by atoms with van der Waals surface area (Å²) >= 11 is 0. The van der Waals surface area contributed by atoms with Crippen molar-refractivity contribution in [3.63, 3.8) is 0 Å². The third kappa shape index (κ3) is 7.39. The number of nitrogens with zero attached hydrogens (tertiary/aromatic N) is 2. The van der Waals surface area contributed by atoms with Gasteiger partial charge < -0.3 is 20.3 Å². The highest BCUT2D eigenvalue weighted by atomic mass is 127. The smallest absolute Gasteiger partial charge is 0.241 e. The number of aliphatic imine (C=N–C) groups is 1. The van der Waals surface area contributed by atoms with Crippen molar-refractivity contribution >= 4 is 35.8 Å². The second-order valence-corrected chi connectivity index (χ2v) is 6.47. The van der Waals surface area contributed by atoms with Crippen LogP contribution in [-0.4, -0.2) is 50.1 Å². The molecule has 26 heavy (non-hydrogen) atoms. The third-order valence-corrected chi connectivity index (χ3v) is 4.28. The molecule has 0 bridgehead atoms. The summed E-state index contributed by atoms with van der Waals surface area (Å²) in [4.78, 5) is 18.1. The van der Waals surface area contributed by atoms with Crippen LogP contribution in [-0.2, 0) is 11.3 Å². The summed E-state index contributed by atoms with van der Waals surface area (Å²) < 4.78 is 5.66. The van der Waals surface area contributed by atoms with Crippen molar-refractivity contribution < 1.29 is 9.53 Å². The van der Waals surface area contributed by atoms with Crippen molar-refractivity contribution in [1.82, 2.24) is 15.5 Å². The number of carbonyl (C=O) groups excluding carboxylic acids is 1. The van der Waals surface area contributed by atoms with E-state index < -0.39 is 0 Å². The van der Waals surface area contributed by atoms with Crippen LogP contribution in [0.5, 0.6) is 5.75 Å². The zero-order chi connectivity index (χ0) is 18.1. The highest BCUT2D eigenvalue weighted by Crippen LogP contribution is 2.19. The molecule has 0 spiro atoms. The average Bonchev–Trinajstić information content (AvgIpc) is 3.11. The van der Waals surface area contributed by atoms with Gasteiger partial charge in [-0.2, -0.15) is 0 Å². The molecular weight excluding hydrogens is 443 g/mol. The summed E-state index contributed by atoms with van der Waals surface area (Å²) in [5.41, 5.74) is 1.04. The van der Waals surface area contributed by atoms with E-state index in [-0.39, 0.29) is 36.4 Å². The number of likely N-dealkylation sites (N-methyl/N-ethyl adjacent to an activating group) is 1. The minimum absolute atomic E-state index is 0. The van der Waals surface area contributed by atoms with Crippen LogP contribution in [0.15, 0.2) is 29.3 Å². The number of hydrogen-bond acceptors (Lipinski definition) is 3. The number of halogens is 1. The maximum atomic E-state index is 11.9. The van der Waals surface area contributed by atoms with Crippen LogP contribution >= 0.6 is 24.0 Å². The lowest BCUT2D eigenvalue weighted by atomic mass is 10.2. The lowest BCUT2D eigenvalue weighted by molar-refractivity contribution is -0.127. The molecule has 146 valence electrons. The van der Waals surface area contributed by atoms with Crippen LogP contribution in [0.3, 0.4) is 0 Å². The molecule has 1 aromatic rings. The number of hydrogen-bond donors (Lipinski definition) is 2. The number of nitrogens with one attached hydrogen (secondary N) is 2. The first kappa shape index (κ1) is 22.5. The number of rotatable bonds is 7. The molecule has 1 aliphatic rings. The zero-order valence-electron chi connectivity index (χ0n) is 16.0. The topological polar surface area (TPSA) is 66.0 Å². The summed E-state index contributed by atoms with van der Waals surface area (Å²) in [6.07, 6.45) is 4.79. The fourth-order valence-corrected chi connectivity index (χ4v) is 2.83. The first-order valence-electron chi connectivity index (χ1n) is 9.06. The second kappa shape index (κ2) is 12.0. The molecule has 0 aromatic heterocycles. The molecule has 1 aromatic carbocycles. The van der Waals surface area contributed by atoms with E-state index in [1.54, 1.807) is 19.0 Å². The molecule has 0 radical (unpaired) electrons. The Hall–Kier alpha value is -1.51. The predicted octanol–water partition coefficient (Wildman–Crippen LogP) is 2.77. The monoisotopic (exact) mass is 474 g/mol. The first-order valence-corrected chi connectivity index (χ1v) is 9.06. The van der Waals surface area contributed by atoms with Crippen LogP contribution in [0.4, 0.5) is 0 Å². The van der Waals surface area contributed by atoms with Crippen molar-refractivity contribution in [2.75, 3.05) is 27.2 Å². The number of carbonyl (C=O) groups is 1. The van der Waals surface area contributed by atoms with Gasteiger partial charge in [0, 0.05) is 25.7 Å². The number of benzene rings is 1. The summed E-state index contributed by atoms with van der Waals surface area (Å²) in [6, 6.07) is 8.36. The highest BCUT2D eigenvalue weighted by Gasteiger charge is 2.17. The van der Waals surface area contributed by atoms with Crippen LogP contribution in [0.25, 0.3) is 0 Å². The standard InChI is InChI=1S/C19H30N4O2.HI/c1-4-25-17-12-8-5-9-15(17)13-20-19(21-14-18(24)23(2)3)22-16-10-6-7-11-16;/h5,8-9,12,16H,4,6-7,10-11,13-14H2,1-3H3,(H2,20,21,22);1H. The Morgan fingerprint density at radius 2 is 1.96 bits per heavy atom. The minimum atomic E-state index is 0. The summed E-state index contributed by atoms with van der Waals surface area (Å²) in [5, 5.41) is 6.62. The molecule has 0 heterocycles. The highest BCUT2D eigenvalue weighted by molar-refractivity contribution is 14.0. The molecule has 0 aliphatic heterocycles. The van der Waals surface area contributed by atoms with E-state index in [0.717, 1.165) is 24.2 Å². The zero-order valence-corrected chi connectivity index (χ0v) is 18.3. The SMILES string of the molecule is CCOc1ccccc1CN=C(NCC(=O)N(C)C)NC1CCCC1.I. The lowest BCUT2D eigenvalue weighted by Crippen LogP contribution is -2.46. The van der Waals surface area contributed by atoms with Gasteiger partial charge in [0.2, 0.25) is 5.91 Å². The van der Waals surface area contributed by atoms with Gasteiger partial charge in [-0.15, -0.1) is 24.0 Å². The van der Waals surface area contributed by atoms with Gasteiger partial charge in [-0.25, -0.2) is 4.99 Å². The molecule has 7 heteroatoms. The molecular formula is C19H31IN4O2. The van der Waals surface area contributed by atoms with E-state index in [0.29, 0.717) is 25.2 Å². The fourth-order valence-electron chi connectivity index (χ4n) is 2.83. The summed E-state index contributed by atoms with van der Waals surface area (Å²) in [7, 11) is 3.51.